The summed E-state index contributed by atoms with van der Waals surface area (Å²) in [5.74, 6) is 0.515. The molecule has 6 heteroatoms. The van der Waals surface area contributed by atoms with Crippen molar-refractivity contribution in [1.29, 1.82) is 0 Å². The highest BCUT2D eigenvalue weighted by Crippen LogP contribution is 2.22. The Labute approximate surface area is 107 Å². The highest BCUT2D eigenvalue weighted by Gasteiger charge is 2.38. The lowest BCUT2D eigenvalue weighted by Gasteiger charge is -2.34. The molecule has 0 amide bonds. The van der Waals surface area contributed by atoms with Gasteiger partial charge in [-0.15, -0.1) is 0 Å². The van der Waals surface area contributed by atoms with Crippen LogP contribution in [0.5, 0.6) is 5.75 Å². The van der Waals surface area contributed by atoms with Crippen LogP contribution in [0, 0.1) is 0 Å². The summed E-state index contributed by atoms with van der Waals surface area (Å²) in [4.78, 5) is 0. The Morgan fingerprint density at radius 2 is 1.76 bits per heavy atom. The van der Waals surface area contributed by atoms with E-state index in [9.17, 15) is 15.3 Å². The zero-order valence-electron chi connectivity index (χ0n) is 8.86. The summed E-state index contributed by atoms with van der Waals surface area (Å²) in [6.07, 6.45) is -4.60. The highest BCUT2D eigenvalue weighted by atomic mass is 79.9. The van der Waals surface area contributed by atoms with Gasteiger partial charge in [0.2, 0.25) is 6.29 Å². The van der Waals surface area contributed by atoms with Crippen LogP contribution in [0.1, 0.15) is 0 Å². The lowest BCUT2D eigenvalue weighted by atomic mass is 10.1. The van der Waals surface area contributed by atoms with Gasteiger partial charge in [0.15, 0.2) is 0 Å². The predicted molar refractivity (Wildman–Crippen MR) is 62.5 cm³/mol. The normalized spacial score (nSPS) is 33.4. The minimum atomic E-state index is -1.28. The van der Waals surface area contributed by atoms with Crippen molar-refractivity contribution < 1.29 is 24.8 Å². The SMILES string of the molecule is O[C@@H]1[C@@H](Oc2ccc(Br)cc2)OC[C@@H](O)[C@H]1O. The van der Waals surface area contributed by atoms with Crippen LogP contribution in [0.25, 0.3) is 0 Å². The van der Waals surface area contributed by atoms with Crippen LogP contribution in [0.2, 0.25) is 0 Å². The molecule has 4 atom stereocenters. The third kappa shape index (κ3) is 2.97. The second-order valence-corrected chi connectivity index (χ2v) is 4.74. The number of aliphatic hydroxyl groups excluding tert-OH is 3. The van der Waals surface area contributed by atoms with E-state index in [1.54, 1.807) is 24.3 Å². The number of aliphatic hydroxyl groups is 3. The molecule has 0 bridgehead atoms. The highest BCUT2D eigenvalue weighted by molar-refractivity contribution is 9.10. The molecule has 0 radical (unpaired) electrons. The molecule has 1 aliphatic heterocycles. The van der Waals surface area contributed by atoms with Gasteiger partial charge in [0, 0.05) is 4.47 Å². The van der Waals surface area contributed by atoms with Crippen LogP contribution in [0.4, 0.5) is 0 Å². The minimum absolute atomic E-state index is 0.0700. The Kier molecular flexibility index (Phi) is 4.01. The number of hydrogen-bond donors (Lipinski definition) is 3. The molecule has 0 saturated carbocycles. The molecule has 3 N–H and O–H groups in total. The fraction of sp³-hybridized carbons (Fsp3) is 0.455. The Balaban J connectivity index is 2.01. The number of hydrogen-bond acceptors (Lipinski definition) is 5. The summed E-state index contributed by atoms with van der Waals surface area (Å²) in [6, 6.07) is 6.99. The van der Waals surface area contributed by atoms with Gasteiger partial charge >= 0.3 is 0 Å². The maximum Gasteiger partial charge on any atom is 0.228 e. The van der Waals surface area contributed by atoms with Gasteiger partial charge in [0.1, 0.15) is 24.1 Å². The van der Waals surface area contributed by atoms with Gasteiger partial charge in [-0.1, -0.05) is 15.9 Å². The molecule has 1 aromatic carbocycles. The molecule has 94 valence electrons. The average molecular weight is 305 g/mol. The van der Waals surface area contributed by atoms with Gasteiger partial charge in [0.25, 0.3) is 0 Å². The van der Waals surface area contributed by atoms with Crippen molar-refractivity contribution in [1.82, 2.24) is 0 Å². The number of halogens is 1. The summed E-state index contributed by atoms with van der Waals surface area (Å²) < 4.78 is 11.4. The van der Waals surface area contributed by atoms with Crippen molar-refractivity contribution >= 4 is 15.9 Å². The molecule has 0 spiro atoms. The molecule has 0 unspecified atom stereocenters. The van der Waals surface area contributed by atoms with Crippen LogP contribution in [-0.4, -0.2) is 46.5 Å². The summed E-state index contributed by atoms with van der Waals surface area (Å²) in [5, 5.41) is 28.4. The number of rotatable bonds is 2. The van der Waals surface area contributed by atoms with Crippen molar-refractivity contribution in [2.24, 2.45) is 0 Å². The van der Waals surface area contributed by atoms with E-state index in [0.29, 0.717) is 5.75 Å². The van der Waals surface area contributed by atoms with Crippen LogP contribution in [-0.2, 0) is 4.74 Å². The van der Waals surface area contributed by atoms with Gasteiger partial charge in [0.05, 0.1) is 6.61 Å². The van der Waals surface area contributed by atoms with E-state index in [0.717, 1.165) is 4.47 Å². The summed E-state index contributed by atoms with van der Waals surface area (Å²) in [5.41, 5.74) is 0. The number of ether oxygens (including phenoxy) is 2. The molecule has 2 rings (SSSR count). The third-order valence-electron chi connectivity index (χ3n) is 2.52. The first-order chi connectivity index (χ1) is 8.08. The van der Waals surface area contributed by atoms with Crippen molar-refractivity contribution in [3.05, 3.63) is 28.7 Å². The first-order valence-electron chi connectivity index (χ1n) is 5.16. The predicted octanol–water partition coefficient (Wildman–Crippen LogP) is 0.267. The van der Waals surface area contributed by atoms with Crippen LogP contribution in [0.15, 0.2) is 28.7 Å². The van der Waals surface area contributed by atoms with E-state index in [4.69, 9.17) is 9.47 Å². The minimum Gasteiger partial charge on any atom is -0.462 e. The van der Waals surface area contributed by atoms with Crippen molar-refractivity contribution in [2.75, 3.05) is 6.61 Å². The van der Waals surface area contributed by atoms with Crippen LogP contribution in [0.3, 0.4) is 0 Å². The topological polar surface area (TPSA) is 79.2 Å². The smallest absolute Gasteiger partial charge is 0.228 e. The van der Waals surface area contributed by atoms with Gasteiger partial charge in [-0.25, -0.2) is 0 Å². The van der Waals surface area contributed by atoms with Crippen LogP contribution >= 0.6 is 15.9 Å². The van der Waals surface area contributed by atoms with E-state index in [-0.39, 0.29) is 6.61 Å². The van der Waals surface area contributed by atoms with E-state index >= 15 is 0 Å². The van der Waals surface area contributed by atoms with E-state index in [2.05, 4.69) is 15.9 Å². The monoisotopic (exact) mass is 304 g/mol. The van der Waals surface area contributed by atoms with Crippen molar-refractivity contribution in [2.45, 2.75) is 24.6 Å². The first-order valence-corrected chi connectivity index (χ1v) is 5.95. The average Bonchev–Trinajstić information content (AvgIpc) is 2.33. The molecule has 1 aliphatic rings. The molecule has 0 aliphatic carbocycles. The first kappa shape index (κ1) is 12.8. The summed E-state index contributed by atoms with van der Waals surface area (Å²) >= 11 is 3.29. The van der Waals surface area contributed by atoms with Gasteiger partial charge in [-0.05, 0) is 24.3 Å². The van der Waals surface area contributed by atoms with Crippen molar-refractivity contribution in [3.63, 3.8) is 0 Å². The molecule has 1 fully saturated rings. The fourth-order valence-electron chi connectivity index (χ4n) is 1.53. The fourth-order valence-corrected chi connectivity index (χ4v) is 1.79. The van der Waals surface area contributed by atoms with Crippen molar-refractivity contribution in [3.8, 4) is 5.75 Å². The second-order valence-electron chi connectivity index (χ2n) is 3.82. The zero-order valence-corrected chi connectivity index (χ0v) is 10.4. The Morgan fingerprint density at radius 1 is 1.12 bits per heavy atom. The maximum atomic E-state index is 9.65. The molecule has 1 heterocycles. The standard InChI is InChI=1S/C11H13BrO5/c12-6-1-3-7(4-2-6)17-11-10(15)9(14)8(13)5-16-11/h1-4,8-11,13-15H,5H2/t8-,9-,10+,11-/m1/s1. The molecular weight excluding hydrogens is 292 g/mol. The van der Waals surface area contributed by atoms with Gasteiger partial charge < -0.3 is 24.8 Å². The molecule has 17 heavy (non-hydrogen) atoms. The van der Waals surface area contributed by atoms with E-state index < -0.39 is 24.6 Å². The van der Waals surface area contributed by atoms with E-state index in [1.807, 2.05) is 0 Å². The summed E-state index contributed by atoms with van der Waals surface area (Å²) in [6.45, 7) is -0.0700. The molecule has 5 nitrogen and oxygen atoms in total. The second kappa shape index (κ2) is 5.32. The summed E-state index contributed by atoms with van der Waals surface area (Å²) in [7, 11) is 0. The largest absolute Gasteiger partial charge is 0.462 e. The molecule has 0 aromatic heterocycles. The third-order valence-corrected chi connectivity index (χ3v) is 3.05. The van der Waals surface area contributed by atoms with Gasteiger partial charge in [-0.3, -0.25) is 0 Å². The quantitative estimate of drug-likeness (QED) is 0.731. The van der Waals surface area contributed by atoms with E-state index in [1.165, 1.54) is 0 Å². The molecule has 1 saturated heterocycles. The molecular formula is C11H13BrO5. The van der Waals surface area contributed by atoms with Crippen LogP contribution < -0.4 is 4.74 Å². The lowest BCUT2D eigenvalue weighted by molar-refractivity contribution is -0.242. The Hall–Kier alpha value is -0.660. The Morgan fingerprint density at radius 3 is 2.41 bits per heavy atom. The molecule has 1 aromatic rings. The Bertz CT molecular complexity index is 369. The maximum absolute atomic E-state index is 9.65. The zero-order chi connectivity index (χ0) is 12.4. The van der Waals surface area contributed by atoms with Gasteiger partial charge in [-0.2, -0.15) is 0 Å². The lowest BCUT2D eigenvalue weighted by Crippen LogP contribution is -2.54. The number of benzene rings is 1.